The molecule has 0 spiro atoms. The minimum absolute atomic E-state index is 0.158. The quantitative estimate of drug-likeness (QED) is 0.690. The number of hydrogen-bond acceptors (Lipinski definition) is 4. The number of ether oxygens (including phenoxy) is 1. The van der Waals surface area contributed by atoms with Crippen LogP contribution in [-0.4, -0.2) is 22.9 Å². The number of rotatable bonds is 3. The molecule has 0 atom stereocenters. The Balaban J connectivity index is 2.22. The molecule has 0 saturated heterocycles. The molecule has 104 valence electrons. The van der Waals surface area contributed by atoms with Crippen LogP contribution in [0.4, 0.5) is 0 Å². The number of pyridine rings is 2. The molecule has 2 heterocycles. The molecular formula is C17H14N2O2. The van der Waals surface area contributed by atoms with Gasteiger partial charge in [0.2, 0.25) is 5.78 Å². The molecule has 0 fully saturated rings. The van der Waals surface area contributed by atoms with Crippen molar-refractivity contribution in [1.82, 2.24) is 9.97 Å². The van der Waals surface area contributed by atoms with Crippen LogP contribution in [0.1, 0.15) is 21.7 Å². The summed E-state index contributed by atoms with van der Waals surface area (Å²) < 4.78 is 5.23. The SMILES string of the molecule is COc1cccnc1C(=O)c1cc(C)nc2ccccc12. The van der Waals surface area contributed by atoms with Gasteiger partial charge < -0.3 is 4.74 Å². The summed E-state index contributed by atoms with van der Waals surface area (Å²) in [6.07, 6.45) is 1.59. The first-order chi connectivity index (χ1) is 10.2. The van der Waals surface area contributed by atoms with E-state index in [0.29, 0.717) is 17.0 Å². The zero-order valence-corrected chi connectivity index (χ0v) is 11.8. The zero-order valence-electron chi connectivity index (χ0n) is 11.8. The van der Waals surface area contributed by atoms with E-state index in [4.69, 9.17) is 4.74 Å². The van der Waals surface area contributed by atoms with Gasteiger partial charge in [0.15, 0.2) is 5.69 Å². The van der Waals surface area contributed by atoms with E-state index in [9.17, 15) is 4.79 Å². The van der Waals surface area contributed by atoms with Crippen molar-refractivity contribution >= 4 is 16.7 Å². The Bertz CT molecular complexity index is 828. The molecule has 0 radical (unpaired) electrons. The highest BCUT2D eigenvalue weighted by Gasteiger charge is 2.18. The maximum absolute atomic E-state index is 12.8. The Morgan fingerprint density at radius 2 is 1.95 bits per heavy atom. The van der Waals surface area contributed by atoms with Gasteiger partial charge in [0.1, 0.15) is 5.75 Å². The van der Waals surface area contributed by atoms with E-state index >= 15 is 0 Å². The highest BCUT2D eigenvalue weighted by molar-refractivity contribution is 6.16. The Hall–Kier alpha value is -2.75. The van der Waals surface area contributed by atoms with Gasteiger partial charge in [0.05, 0.1) is 12.6 Å². The number of fused-ring (bicyclic) bond motifs is 1. The molecule has 2 aromatic heterocycles. The molecule has 0 aliphatic rings. The van der Waals surface area contributed by atoms with E-state index in [0.717, 1.165) is 16.6 Å². The van der Waals surface area contributed by atoms with Crippen molar-refractivity contribution in [2.75, 3.05) is 7.11 Å². The summed E-state index contributed by atoms with van der Waals surface area (Å²) in [6.45, 7) is 1.87. The smallest absolute Gasteiger partial charge is 0.215 e. The average molecular weight is 278 g/mol. The molecule has 0 saturated carbocycles. The molecule has 0 bridgehead atoms. The van der Waals surface area contributed by atoms with E-state index in [1.807, 2.05) is 31.2 Å². The van der Waals surface area contributed by atoms with Crippen molar-refractivity contribution in [2.24, 2.45) is 0 Å². The van der Waals surface area contributed by atoms with E-state index in [1.54, 1.807) is 24.4 Å². The normalized spacial score (nSPS) is 10.6. The lowest BCUT2D eigenvalue weighted by Gasteiger charge is -2.09. The summed E-state index contributed by atoms with van der Waals surface area (Å²) in [6, 6.07) is 12.9. The number of aryl methyl sites for hydroxylation is 1. The first-order valence-corrected chi connectivity index (χ1v) is 6.61. The molecule has 21 heavy (non-hydrogen) atoms. The number of carbonyl (C=O) groups is 1. The minimum atomic E-state index is -0.158. The Kier molecular flexibility index (Phi) is 3.36. The van der Waals surface area contributed by atoms with Crippen LogP contribution in [0.15, 0.2) is 48.7 Å². The van der Waals surface area contributed by atoms with E-state index in [1.165, 1.54) is 7.11 Å². The van der Waals surface area contributed by atoms with E-state index < -0.39 is 0 Å². The molecule has 4 heteroatoms. The van der Waals surface area contributed by atoms with Gasteiger partial charge in [-0.25, -0.2) is 4.98 Å². The van der Waals surface area contributed by atoms with Crippen LogP contribution < -0.4 is 4.74 Å². The maximum atomic E-state index is 12.8. The molecule has 4 nitrogen and oxygen atoms in total. The van der Waals surface area contributed by atoms with Gasteiger partial charge in [-0.3, -0.25) is 9.78 Å². The lowest BCUT2D eigenvalue weighted by Crippen LogP contribution is -2.08. The summed E-state index contributed by atoms with van der Waals surface area (Å²) >= 11 is 0. The van der Waals surface area contributed by atoms with E-state index in [-0.39, 0.29) is 5.78 Å². The fourth-order valence-electron chi connectivity index (χ4n) is 2.35. The number of aromatic nitrogens is 2. The van der Waals surface area contributed by atoms with Crippen LogP contribution in [-0.2, 0) is 0 Å². The maximum Gasteiger partial charge on any atom is 0.215 e. The van der Waals surface area contributed by atoms with Gasteiger partial charge in [-0.05, 0) is 31.2 Å². The molecule has 0 N–H and O–H groups in total. The first kappa shape index (κ1) is 13.2. The summed E-state index contributed by atoms with van der Waals surface area (Å²) in [5.41, 5.74) is 2.51. The van der Waals surface area contributed by atoms with Gasteiger partial charge in [-0.1, -0.05) is 18.2 Å². The van der Waals surface area contributed by atoms with Crippen molar-refractivity contribution in [3.63, 3.8) is 0 Å². The highest BCUT2D eigenvalue weighted by atomic mass is 16.5. The largest absolute Gasteiger partial charge is 0.494 e. The van der Waals surface area contributed by atoms with Crippen LogP contribution >= 0.6 is 0 Å². The molecular weight excluding hydrogens is 264 g/mol. The predicted molar refractivity (Wildman–Crippen MR) is 80.7 cm³/mol. The van der Waals surface area contributed by atoms with Crippen molar-refractivity contribution < 1.29 is 9.53 Å². The number of para-hydroxylation sites is 1. The number of hydrogen-bond donors (Lipinski definition) is 0. The van der Waals surface area contributed by atoms with Gasteiger partial charge in [-0.2, -0.15) is 0 Å². The number of benzene rings is 1. The fourth-order valence-corrected chi connectivity index (χ4v) is 2.35. The Labute approximate surface area is 122 Å². The number of ketones is 1. The second-order valence-corrected chi connectivity index (χ2v) is 4.71. The molecule has 0 aliphatic carbocycles. The lowest BCUT2D eigenvalue weighted by molar-refractivity contribution is 0.103. The standard InChI is InChI=1S/C17H14N2O2/c1-11-10-13(12-6-3-4-7-14(12)19-11)17(20)16-15(21-2)8-5-9-18-16/h3-10H,1-2H3. The number of nitrogens with zero attached hydrogens (tertiary/aromatic N) is 2. The summed E-state index contributed by atoms with van der Waals surface area (Å²) in [5.74, 6) is 0.315. The highest BCUT2D eigenvalue weighted by Crippen LogP contribution is 2.24. The fraction of sp³-hybridized carbons (Fsp3) is 0.118. The molecule has 3 aromatic rings. The third kappa shape index (κ3) is 2.36. The topological polar surface area (TPSA) is 52.1 Å². The summed E-state index contributed by atoms with van der Waals surface area (Å²) in [7, 11) is 1.53. The van der Waals surface area contributed by atoms with Gasteiger partial charge in [0.25, 0.3) is 0 Å². The second-order valence-electron chi connectivity index (χ2n) is 4.71. The second kappa shape index (κ2) is 5.32. The molecule has 0 aliphatic heterocycles. The third-order valence-corrected chi connectivity index (χ3v) is 3.29. The van der Waals surface area contributed by atoms with Crippen molar-refractivity contribution in [1.29, 1.82) is 0 Å². The minimum Gasteiger partial charge on any atom is -0.494 e. The summed E-state index contributed by atoms with van der Waals surface area (Å²) in [4.78, 5) is 21.4. The monoisotopic (exact) mass is 278 g/mol. The van der Waals surface area contributed by atoms with Gasteiger partial charge in [-0.15, -0.1) is 0 Å². The predicted octanol–water partition coefficient (Wildman–Crippen LogP) is 3.18. The zero-order chi connectivity index (χ0) is 14.8. The van der Waals surface area contributed by atoms with Crippen molar-refractivity contribution in [3.05, 3.63) is 65.6 Å². The van der Waals surface area contributed by atoms with Crippen LogP contribution in [0, 0.1) is 6.92 Å². The van der Waals surface area contributed by atoms with Gasteiger partial charge in [0, 0.05) is 22.8 Å². The molecule has 0 amide bonds. The van der Waals surface area contributed by atoms with Crippen molar-refractivity contribution in [3.8, 4) is 5.75 Å². The Morgan fingerprint density at radius 1 is 1.14 bits per heavy atom. The lowest BCUT2D eigenvalue weighted by atomic mass is 10.0. The van der Waals surface area contributed by atoms with E-state index in [2.05, 4.69) is 9.97 Å². The first-order valence-electron chi connectivity index (χ1n) is 6.61. The Morgan fingerprint density at radius 3 is 2.76 bits per heavy atom. The molecule has 1 aromatic carbocycles. The van der Waals surface area contributed by atoms with Crippen LogP contribution in [0.25, 0.3) is 10.9 Å². The van der Waals surface area contributed by atoms with Gasteiger partial charge >= 0.3 is 0 Å². The third-order valence-electron chi connectivity index (χ3n) is 3.29. The average Bonchev–Trinajstić information content (AvgIpc) is 2.53. The number of methoxy groups -OCH3 is 1. The van der Waals surface area contributed by atoms with Crippen molar-refractivity contribution in [2.45, 2.75) is 6.92 Å². The molecule has 0 unspecified atom stereocenters. The van der Waals surface area contributed by atoms with Crippen LogP contribution in [0.2, 0.25) is 0 Å². The number of carbonyl (C=O) groups excluding carboxylic acids is 1. The molecule has 3 rings (SSSR count). The van der Waals surface area contributed by atoms with Crippen LogP contribution in [0.5, 0.6) is 5.75 Å². The summed E-state index contributed by atoms with van der Waals surface area (Å²) in [5, 5.41) is 0.820. The van der Waals surface area contributed by atoms with Crippen LogP contribution in [0.3, 0.4) is 0 Å².